The van der Waals surface area contributed by atoms with Gasteiger partial charge in [0.1, 0.15) is 4.33 Å². The van der Waals surface area contributed by atoms with Crippen LogP contribution in [0.25, 0.3) is 10.8 Å². The minimum absolute atomic E-state index is 0.0892. The van der Waals surface area contributed by atoms with Crippen molar-refractivity contribution in [3.05, 3.63) is 41.5 Å². The van der Waals surface area contributed by atoms with E-state index in [-0.39, 0.29) is 11.8 Å². The quantitative estimate of drug-likeness (QED) is 0.833. The molecule has 2 aromatic carbocycles. The molecule has 0 saturated heterocycles. The highest BCUT2D eigenvalue weighted by Gasteiger charge is 2.56. The third kappa shape index (κ3) is 1.82. The van der Waals surface area contributed by atoms with Gasteiger partial charge in [0.05, 0.1) is 5.92 Å². The van der Waals surface area contributed by atoms with Gasteiger partial charge in [-0.25, -0.2) is 0 Å². The standard InChI is InChI=1S/C16H13Cl2NO/c17-16(18)8-12(16)15(20)19-13-7-6-10-5-4-9-2-1-3-11(13)14(9)10/h1-3,6-7,12H,4-5,8H2,(H,19,20). The summed E-state index contributed by atoms with van der Waals surface area (Å²) in [5.74, 6) is -0.387. The Kier molecular flexibility index (Phi) is 2.57. The molecule has 4 rings (SSSR count). The van der Waals surface area contributed by atoms with Crippen LogP contribution in [0.2, 0.25) is 0 Å². The molecule has 0 bridgehead atoms. The molecular formula is C16H13Cl2NO. The van der Waals surface area contributed by atoms with Gasteiger partial charge in [-0.3, -0.25) is 4.79 Å². The summed E-state index contributed by atoms with van der Waals surface area (Å²) in [5, 5.41) is 5.38. The van der Waals surface area contributed by atoms with Gasteiger partial charge in [-0.1, -0.05) is 24.3 Å². The number of alkyl halides is 2. The molecule has 4 heteroatoms. The molecule has 1 unspecified atom stereocenters. The maximum Gasteiger partial charge on any atom is 0.230 e. The number of aryl methyl sites for hydroxylation is 2. The Morgan fingerprint density at radius 2 is 1.85 bits per heavy atom. The number of hydrogen-bond acceptors (Lipinski definition) is 1. The normalized spacial score (nSPS) is 22.0. The van der Waals surface area contributed by atoms with E-state index in [4.69, 9.17) is 23.2 Å². The number of benzene rings is 2. The van der Waals surface area contributed by atoms with Gasteiger partial charge < -0.3 is 5.32 Å². The van der Waals surface area contributed by atoms with Crippen molar-refractivity contribution >= 4 is 45.6 Å². The number of carbonyl (C=O) groups excluding carboxylic acids is 1. The molecule has 2 aliphatic rings. The third-order valence-electron chi connectivity index (χ3n) is 4.28. The molecule has 2 aromatic rings. The van der Waals surface area contributed by atoms with Crippen LogP contribution < -0.4 is 5.32 Å². The molecule has 0 radical (unpaired) electrons. The monoisotopic (exact) mass is 305 g/mol. The summed E-state index contributed by atoms with van der Waals surface area (Å²) in [6, 6.07) is 10.4. The SMILES string of the molecule is O=C(Nc1ccc2c3c(cccc13)CC2)C1CC1(Cl)Cl. The molecule has 0 aromatic heterocycles. The predicted molar refractivity (Wildman–Crippen MR) is 82.5 cm³/mol. The molecule has 1 amide bonds. The van der Waals surface area contributed by atoms with Gasteiger partial charge in [-0.15, -0.1) is 23.2 Å². The first kappa shape index (κ1) is 12.5. The first-order chi connectivity index (χ1) is 9.56. The van der Waals surface area contributed by atoms with Crippen LogP contribution in [0.5, 0.6) is 0 Å². The smallest absolute Gasteiger partial charge is 0.230 e. The molecule has 102 valence electrons. The molecule has 0 spiro atoms. The van der Waals surface area contributed by atoms with Crippen LogP contribution in [0.1, 0.15) is 17.5 Å². The van der Waals surface area contributed by atoms with E-state index in [1.54, 1.807) is 0 Å². The van der Waals surface area contributed by atoms with Gasteiger partial charge in [-0.05, 0) is 41.8 Å². The lowest BCUT2D eigenvalue weighted by molar-refractivity contribution is -0.117. The number of anilines is 1. The van der Waals surface area contributed by atoms with Crippen molar-refractivity contribution in [3.63, 3.8) is 0 Å². The Morgan fingerprint density at radius 1 is 1.15 bits per heavy atom. The van der Waals surface area contributed by atoms with Crippen LogP contribution in [0.4, 0.5) is 5.69 Å². The molecule has 1 fully saturated rings. The number of halogens is 2. The molecular weight excluding hydrogens is 293 g/mol. The fraction of sp³-hybridized carbons (Fsp3) is 0.312. The van der Waals surface area contributed by atoms with Crippen molar-refractivity contribution in [2.24, 2.45) is 5.92 Å². The maximum absolute atomic E-state index is 12.1. The highest BCUT2D eigenvalue weighted by Crippen LogP contribution is 2.53. The minimum Gasteiger partial charge on any atom is -0.325 e. The summed E-state index contributed by atoms with van der Waals surface area (Å²) >= 11 is 11.9. The molecule has 1 saturated carbocycles. The van der Waals surface area contributed by atoms with Crippen molar-refractivity contribution in [2.45, 2.75) is 23.6 Å². The Labute approximate surface area is 127 Å². The summed E-state index contributed by atoms with van der Waals surface area (Å²) in [6.07, 6.45) is 2.70. The highest BCUT2D eigenvalue weighted by atomic mass is 35.5. The number of nitrogens with one attached hydrogen (secondary N) is 1. The third-order valence-corrected chi connectivity index (χ3v) is 5.11. The summed E-state index contributed by atoms with van der Waals surface area (Å²) in [6.45, 7) is 0. The number of rotatable bonds is 2. The van der Waals surface area contributed by atoms with Crippen molar-refractivity contribution in [2.75, 3.05) is 5.32 Å². The molecule has 2 aliphatic carbocycles. The predicted octanol–water partition coefficient (Wildman–Crippen LogP) is 4.07. The lowest BCUT2D eigenvalue weighted by Gasteiger charge is -2.10. The lowest BCUT2D eigenvalue weighted by Crippen LogP contribution is -2.17. The van der Waals surface area contributed by atoms with E-state index >= 15 is 0 Å². The Bertz CT molecular complexity index is 728. The fourth-order valence-electron chi connectivity index (χ4n) is 3.07. The average Bonchev–Trinajstić information content (AvgIpc) is 2.88. The van der Waals surface area contributed by atoms with Gasteiger partial charge in [0.25, 0.3) is 0 Å². The van der Waals surface area contributed by atoms with Crippen LogP contribution in [-0.4, -0.2) is 10.2 Å². The van der Waals surface area contributed by atoms with E-state index in [0.717, 1.165) is 23.9 Å². The van der Waals surface area contributed by atoms with Crippen molar-refractivity contribution in [1.29, 1.82) is 0 Å². The zero-order valence-electron chi connectivity index (χ0n) is 10.7. The number of carbonyl (C=O) groups is 1. The van der Waals surface area contributed by atoms with Crippen molar-refractivity contribution < 1.29 is 4.79 Å². The van der Waals surface area contributed by atoms with E-state index in [1.807, 2.05) is 12.1 Å². The second kappa shape index (κ2) is 4.12. The van der Waals surface area contributed by atoms with Gasteiger partial charge >= 0.3 is 0 Å². The van der Waals surface area contributed by atoms with Gasteiger partial charge in [0, 0.05) is 11.1 Å². The molecule has 2 nitrogen and oxygen atoms in total. The van der Waals surface area contributed by atoms with Gasteiger partial charge in [0.15, 0.2) is 0 Å². The highest BCUT2D eigenvalue weighted by molar-refractivity contribution is 6.52. The summed E-state index contributed by atoms with van der Waals surface area (Å²) < 4.78 is -0.876. The Hall–Kier alpha value is -1.25. The van der Waals surface area contributed by atoms with Gasteiger partial charge in [-0.2, -0.15) is 0 Å². The summed E-state index contributed by atoms with van der Waals surface area (Å²) in [4.78, 5) is 12.1. The second-order valence-electron chi connectivity index (χ2n) is 5.62. The van der Waals surface area contributed by atoms with Crippen LogP contribution in [0.15, 0.2) is 30.3 Å². The maximum atomic E-state index is 12.1. The molecule has 1 atom stereocenters. The van der Waals surface area contributed by atoms with E-state index in [2.05, 4.69) is 23.5 Å². The van der Waals surface area contributed by atoms with E-state index in [1.165, 1.54) is 16.5 Å². The van der Waals surface area contributed by atoms with Crippen LogP contribution >= 0.6 is 23.2 Å². The summed E-state index contributed by atoms with van der Waals surface area (Å²) in [5.41, 5.74) is 3.58. The fourth-order valence-corrected chi connectivity index (χ4v) is 3.58. The molecule has 0 heterocycles. The van der Waals surface area contributed by atoms with E-state index in [0.29, 0.717) is 6.42 Å². The molecule has 20 heavy (non-hydrogen) atoms. The first-order valence-corrected chi connectivity index (χ1v) is 7.54. The van der Waals surface area contributed by atoms with Crippen LogP contribution in [-0.2, 0) is 17.6 Å². The van der Waals surface area contributed by atoms with Gasteiger partial charge in [0.2, 0.25) is 5.91 Å². The van der Waals surface area contributed by atoms with E-state index < -0.39 is 4.33 Å². The molecule has 1 N–H and O–H groups in total. The van der Waals surface area contributed by atoms with Crippen molar-refractivity contribution in [3.8, 4) is 0 Å². The minimum atomic E-state index is -0.876. The second-order valence-corrected chi connectivity index (χ2v) is 7.16. The lowest BCUT2D eigenvalue weighted by atomic mass is 10.0. The van der Waals surface area contributed by atoms with Crippen LogP contribution in [0, 0.1) is 5.92 Å². The van der Waals surface area contributed by atoms with Crippen molar-refractivity contribution in [1.82, 2.24) is 0 Å². The Morgan fingerprint density at radius 3 is 2.55 bits per heavy atom. The largest absolute Gasteiger partial charge is 0.325 e. The Balaban J connectivity index is 1.73. The summed E-state index contributed by atoms with van der Waals surface area (Å²) in [7, 11) is 0. The van der Waals surface area contributed by atoms with E-state index in [9.17, 15) is 4.79 Å². The van der Waals surface area contributed by atoms with Crippen LogP contribution in [0.3, 0.4) is 0 Å². The first-order valence-electron chi connectivity index (χ1n) is 6.78. The number of hydrogen-bond donors (Lipinski definition) is 1. The zero-order chi connectivity index (χ0) is 13.9. The number of amides is 1. The average molecular weight is 306 g/mol. The topological polar surface area (TPSA) is 29.1 Å². The molecule has 0 aliphatic heterocycles. The zero-order valence-corrected chi connectivity index (χ0v) is 12.3.